The Hall–Kier alpha value is -1.79. The van der Waals surface area contributed by atoms with Gasteiger partial charge in [0.1, 0.15) is 5.82 Å². The Morgan fingerprint density at radius 2 is 2.27 bits per heavy atom. The number of pyridine rings is 1. The zero-order chi connectivity index (χ0) is 11.4. The summed E-state index contributed by atoms with van der Waals surface area (Å²) in [5.74, 6) is -2.66. The van der Waals surface area contributed by atoms with Crippen molar-refractivity contribution in [1.82, 2.24) is 4.98 Å². The maximum absolute atomic E-state index is 12.9. The zero-order valence-corrected chi connectivity index (χ0v) is 7.28. The van der Waals surface area contributed by atoms with Gasteiger partial charge >= 0.3 is 12.6 Å². The lowest BCUT2D eigenvalue weighted by molar-refractivity contribution is -0.136. The van der Waals surface area contributed by atoms with Crippen LogP contribution in [0.25, 0.3) is 0 Å². The van der Waals surface area contributed by atoms with E-state index in [0.717, 1.165) is 6.07 Å². The van der Waals surface area contributed by atoms with Gasteiger partial charge in [-0.2, -0.15) is 8.78 Å². The van der Waals surface area contributed by atoms with E-state index in [4.69, 9.17) is 5.11 Å². The number of aromatic nitrogens is 1. The molecule has 1 heterocycles. The lowest BCUT2D eigenvalue weighted by Gasteiger charge is -2.05. The molecule has 82 valence electrons. The van der Waals surface area contributed by atoms with Crippen molar-refractivity contribution in [3.05, 3.63) is 23.6 Å². The van der Waals surface area contributed by atoms with E-state index in [1.54, 1.807) is 0 Å². The average molecular weight is 221 g/mol. The number of nitrogens with zero attached hydrogens (tertiary/aromatic N) is 1. The SMILES string of the molecule is O=C(O)Cc1cc(OC(F)F)ncc1F. The number of carboxylic acids is 1. The monoisotopic (exact) mass is 221 g/mol. The minimum Gasteiger partial charge on any atom is -0.481 e. The molecule has 0 aliphatic rings. The van der Waals surface area contributed by atoms with E-state index in [1.165, 1.54) is 0 Å². The highest BCUT2D eigenvalue weighted by molar-refractivity contribution is 5.70. The summed E-state index contributed by atoms with van der Waals surface area (Å²) in [5.41, 5.74) is -0.256. The fraction of sp³-hybridized carbons (Fsp3) is 0.250. The Morgan fingerprint density at radius 3 is 2.80 bits per heavy atom. The molecule has 0 aromatic carbocycles. The fourth-order valence-electron chi connectivity index (χ4n) is 0.913. The van der Waals surface area contributed by atoms with Gasteiger partial charge in [-0.1, -0.05) is 0 Å². The molecule has 0 fully saturated rings. The molecule has 0 spiro atoms. The summed E-state index contributed by atoms with van der Waals surface area (Å²) in [7, 11) is 0. The summed E-state index contributed by atoms with van der Waals surface area (Å²) in [6.45, 7) is -3.08. The standard InChI is InChI=1S/C8H6F3NO3/c9-5-3-12-6(15-8(10)11)1-4(5)2-7(13)14/h1,3,8H,2H2,(H,13,14). The molecule has 1 N–H and O–H groups in total. The number of aliphatic carboxylic acids is 1. The van der Waals surface area contributed by atoms with Crippen LogP contribution in [0.3, 0.4) is 0 Å². The first-order valence-corrected chi connectivity index (χ1v) is 3.80. The number of carbonyl (C=O) groups is 1. The first kappa shape index (κ1) is 11.3. The van der Waals surface area contributed by atoms with Crippen LogP contribution in [0.15, 0.2) is 12.3 Å². The van der Waals surface area contributed by atoms with Crippen molar-refractivity contribution in [3.63, 3.8) is 0 Å². The highest BCUT2D eigenvalue weighted by atomic mass is 19.3. The first-order chi connectivity index (χ1) is 6.99. The second-order valence-corrected chi connectivity index (χ2v) is 2.56. The van der Waals surface area contributed by atoms with Crippen molar-refractivity contribution < 1.29 is 27.8 Å². The minimum atomic E-state index is -3.08. The maximum atomic E-state index is 12.9. The Labute approximate surface area is 82.3 Å². The molecular formula is C8H6F3NO3. The highest BCUT2D eigenvalue weighted by Crippen LogP contribution is 2.15. The van der Waals surface area contributed by atoms with Gasteiger partial charge in [0.15, 0.2) is 0 Å². The first-order valence-electron chi connectivity index (χ1n) is 3.80. The summed E-state index contributed by atoms with van der Waals surface area (Å²) in [6, 6.07) is 0.829. The number of ether oxygens (including phenoxy) is 1. The van der Waals surface area contributed by atoms with Gasteiger partial charge in [-0.05, 0) is 0 Å². The lowest BCUT2D eigenvalue weighted by atomic mass is 10.2. The van der Waals surface area contributed by atoms with Gasteiger partial charge in [0.05, 0.1) is 12.6 Å². The van der Waals surface area contributed by atoms with Crippen molar-refractivity contribution in [2.75, 3.05) is 0 Å². The molecule has 0 amide bonds. The van der Waals surface area contributed by atoms with Crippen LogP contribution >= 0.6 is 0 Å². The van der Waals surface area contributed by atoms with Crippen LogP contribution in [0.5, 0.6) is 5.88 Å². The molecule has 0 aliphatic heterocycles. The predicted molar refractivity (Wildman–Crippen MR) is 42.2 cm³/mol. The van der Waals surface area contributed by atoms with Crippen molar-refractivity contribution in [2.24, 2.45) is 0 Å². The zero-order valence-electron chi connectivity index (χ0n) is 7.28. The Bertz CT molecular complexity index is 370. The molecule has 0 saturated carbocycles. The molecule has 1 aromatic heterocycles. The van der Waals surface area contributed by atoms with Gasteiger partial charge in [0, 0.05) is 11.6 Å². The van der Waals surface area contributed by atoms with Crippen molar-refractivity contribution >= 4 is 5.97 Å². The lowest BCUT2D eigenvalue weighted by Crippen LogP contribution is -2.07. The topological polar surface area (TPSA) is 59.4 Å². The fourth-order valence-corrected chi connectivity index (χ4v) is 0.913. The molecule has 1 aromatic rings. The molecule has 0 radical (unpaired) electrons. The summed E-state index contributed by atoms with van der Waals surface area (Å²) in [6.07, 6.45) is 0.0178. The van der Waals surface area contributed by atoms with Crippen LogP contribution < -0.4 is 4.74 Å². The molecule has 0 bridgehead atoms. The molecule has 0 saturated heterocycles. The van der Waals surface area contributed by atoms with Gasteiger partial charge in [-0.25, -0.2) is 9.37 Å². The summed E-state index contributed by atoms with van der Waals surface area (Å²) < 4.78 is 40.3. The quantitative estimate of drug-likeness (QED) is 0.835. The van der Waals surface area contributed by atoms with Crippen molar-refractivity contribution in [3.8, 4) is 5.88 Å². The van der Waals surface area contributed by atoms with E-state index < -0.39 is 30.7 Å². The number of hydrogen-bond donors (Lipinski definition) is 1. The van der Waals surface area contributed by atoms with Crippen molar-refractivity contribution in [2.45, 2.75) is 13.0 Å². The van der Waals surface area contributed by atoms with Crippen LogP contribution in [0.4, 0.5) is 13.2 Å². The van der Waals surface area contributed by atoms with E-state index in [-0.39, 0.29) is 5.56 Å². The summed E-state index contributed by atoms with van der Waals surface area (Å²) in [5, 5.41) is 8.39. The number of hydrogen-bond acceptors (Lipinski definition) is 3. The Kier molecular flexibility index (Phi) is 3.48. The van der Waals surface area contributed by atoms with Crippen LogP contribution in [-0.2, 0) is 11.2 Å². The van der Waals surface area contributed by atoms with Gasteiger partial charge in [-0.15, -0.1) is 0 Å². The number of rotatable bonds is 4. The second-order valence-electron chi connectivity index (χ2n) is 2.56. The van der Waals surface area contributed by atoms with E-state index >= 15 is 0 Å². The van der Waals surface area contributed by atoms with Gasteiger partial charge in [-0.3, -0.25) is 4.79 Å². The second kappa shape index (κ2) is 4.63. The van der Waals surface area contributed by atoms with Gasteiger partial charge in [0.2, 0.25) is 5.88 Å². The molecule has 0 aliphatic carbocycles. The van der Waals surface area contributed by atoms with Gasteiger partial charge < -0.3 is 9.84 Å². The minimum absolute atomic E-state index is 0.256. The van der Waals surface area contributed by atoms with Crippen LogP contribution in [-0.4, -0.2) is 22.7 Å². The maximum Gasteiger partial charge on any atom is 0.388 e. The smallest absolute Gasteiger partial charge is 0.388 e. The van der Waals surface area contributed by atoms with E-state index in [9.17, 15) is 18.0 Å². The predicted octanol–water partition coefficient (Wildman–Crippen LogP) is 1.45. The molecule has 7 heteroatoms. The number of alkyl halides is 2. The summed E-state index contributed by atoms with van der Waals surface area (Å²) >= 11 is 0. The molecule has 0 unspecified atom stereocenters. The molecule has 15 heavy (non-hydrogen) atoms. The third-order valence-electron chi connectivity index (χ3n) is 1.46. The molecular weight excluding hydrogens is 215 g/mol. The third kappa shape index (κ3) is 3.45. The average Bonchev–Trinajstić information content (AvgIpc) is 2.09. The van der Waals surface area contributed by atoms with Crippen molar-refractivity contribution in [1.29, 1.82) is 0 Å². The molecule has 1 rings (SSSR count). The van der Waals surface area contributed by atoms with Crippen LogP contribution in [0.1, 0.15) is 5.56 Å². The van der Waals surface area contributed by atoms with Crippen LogP contribution in [0.2, 0.25) is 0 Å². The van der Waals surface area contributed by atoms with E-state index in [2.05, 4.69) is 9.72 Å². The number of halogens is 3. The Morgan fingerprint density at radius 1 is 1.60 bits per heavy atom. The largest absolute Gasteiger partial charge is 0.481 e. The number of carboxylic acid groups (broad SMARTS) is 1. The normalized spacial score (nSPS) is 10.4. The van der Waals surface area contributed by atoms with E-state index in [1.807, 2.05) is 0 Å². The summed E-state index contributed by atoms with van der Waals surface area (Å²) in [4.78, 5) is 13.5. The molecule has 0 atom stereocenters. The molecule has 4 nitrogen and oxygen atoms in total. The van der Waals surface area contributed by atoms with E-state index in [0.29, 0.717) is 6.20 Å². The highest BCUT2D eigenvalue weighted by Gasteiger charge is 2.12. The Balaban J connectivity index is 2.89. The van der Waals surface area contributed by atoms with Gasteiger partial charge in [0.25, 0.3) is 0 Å². The third-order valence-corrected chi connectivity index (χ3v) is 1.46. The van der Waals surface area contributed by atoms with Crippen LogP contribution in [0, 0.1) is 5.82 Å².